The molecular weight excluding hydrogens is 244 g/mol. The first-order valence-electron chi connectivity index (χ1n) is 7.20. The molecule has 20 heavy (non-hydrogen) atoms. The summed E-state index contributed by atoms with van der Waals surface area (Å²) in [7, 11) is 0. The summed E-state index contributed by atoms with van der Waals surface area (Å²) in [5.41, 5.74) is 3.05. The Kier molecular flexibility index (Phi) is 7.97. The third-order valence-corrected chi connectivity index (χ3v) is 2.90. The summed E-state index contributed by atoms with van der Waals surface area (Å²) in [6.07, 6.45) is 4.07. The fraction of sp³-hybridized carbons (Fsp3) is 0.368. The van der Waals surface area contributed by atoms with Crippen LogP contribution in [0.2, 0.25) is 0 Å². The molecule has 0 bridgehead atoms. The zero-order chi connectivity index (χ0) is 14.6. The molecule has 0 heterocycles. The van der Waals surface area contributed by atoms with Crippen molar-refractivity contribution in [2.24, 2.45) is 0 Å². The predicted molar refractivity (Wildman–Crippen MR) is 85.8 cm³/mol. The van der Waals surface area contributed by atoms with E-state index in [4.69, 9.17) is 5.11 Å². The molecule has 0 radical (unpaired) electrons. The molecule has 0 aliphatic carbocycles. The average molecular weight is 266 g/mol. The number of hydrogen-bond donors (Lipinski definition) is 1. The summed E-state index contributed by atoms with van der Waals surface area (Å²) >= 11 is 0. The SMILES string of the molecule is CCCCC#C/C(CC)=C(\C#CCO)c1ccccc1. The van der Waals surface area contributed by atoms with Gasteiger partial charge in [0, 0.05) is 17.6 Å². The molecule has 0 unspecified atom stereocenters. The lowest BCUT2D eigenvalue weighted by molar-refractivity contribution is 0.350. The van der Waals surface area contributed by atoms with Crippen LogP contribution in [0.25, 0.3) is 5.57 Å². The van der Waals surface area contributed by atoms with E-state index in [-0.39, 0.29) is 6.61 Å². The highest BCUT2D eigenvalue weighted by molar-refractivity contribution is 5.83. The van der Waals surface area contributed by atoms with E-state index in [1.165, 1.54) is 0 Å². The molecule has 104 valence electrons. The molecule has 1 aromatic carbocycles. The number of rotatable bonds is 4. The first-order valence-corrected chi connectivity index (χ1v) is 7.20. The number of unbranched alkanes of at least 4 members (excludes halogenated alkanes) is 2. The molecule has 1 nitrogen and oxygen atoms in total. The van der Waals surface area contributed by atoms with Crippen LogP contribution in [0.1, 0.15) is 45.1 Å². The van der Waals surface area contributed by atoms with Crippen LogP contribution in [0.5, 0.6) is 0 Å². The Balaban J connectivity index is 3.15. The average Bonchev–Trinajstić information content (AvgIpc) is 2.50. The molecule has 0 fully saturated rings. The van der Waals surface area contributed by atoms with Crippen molar-refractivity contribution in [2.75, 3.05) is 6.61 Å². The van der Waals surface area contributed by atoms with Gasteiger partial charge in [-0.05, 0) is 18.4 Å². The van der Waals surface area contributed by atoms with Crippen molar-refractivity contribution in [3.05, 3.63) is 41.5 Å². The molecule has 0 amide bonds. The van der Waals surface area contributed by atoms with Crippen LogP contribution in [0, 0.1) is 23.7 Å². The molecule has 1 heteroatoms. The Hall–Kier alpha value is -1.96. The van der Waals surface area contributed by atoms with Crippen LogP contribution in [-0.2, 0) is 0 Å². The minimum Gasteiger partial charge on any atom is -0.384 e. The molecule has 0 saturated heterocycles. The van der Waals surface area contributed by atoms with Crippen molar-refractivity contribution in [1.29, 1.82) is 0 Å². The van der Waals surface area contributed by atoms with Crippen molar-refractivity contribution in [1.82, 2.24) is 0 Å². The van der Waals surface area contributed by atoms with E-state index < -0.39 is 0 Å². The highest BCUT2D eigenvalue weighted by Gasteiger charge is 2.03. The van der Waals surface area contributed by atoms with Crippen LogP contribution in [-0.4, -0.2) is 11.7 Å². The molecular formula is C19H22O. The highest BCUT2D eigenvalue weighted by Crippen LogP contribution is 2.19. The molecule has 0 atom stereocenters. The first-order chi connectivity index (χ1) is 9.83. The van der Waals surface area contributed by atoms with Gasteiger partial charge in [-0.3, -0.25) is 0 Å². The number of aliphatic hydroxyl groups excluding tert-OH is 1. The summed E-state index contributed by atoms with van der Waals surface area (Å²) in [6.45, 7) is 4.13. The van der Waals surface area contributed by atoms with E-state index in [0.717, 1.165) is 42.4 Å². The van der Waals surface area contributed by atoms with E-state index in [9.17, 15) is 0 Å². The van der Waals surface area contributed by atoms with Gasteiger partial charge in [0.1, 0.15) is 6.61 Å². The number of aliphatic hydroxyl groups is 1. The maximum atomic E-state index is 8.93. The van der Waals surface area contributed by atoms with Gasteiger partial charge in [0.25, 0.3) is 0 Å². The van der Waals surface area contributed by atoms with Gasteiger partial charge in [0.15, 0.2) is 0 Å². The Bertz CT molecular complexity index is 544. The van der Waals surface area contributed by atoms with E-state index in [1.807, 2.05) is 30.3 Å². The van der Waals surface area contributed by atoms with Gasteiger partial charge < -0.3 is 5.11 Å². The zero-order valence-corrected chi connectivity index (χ0v) is 12.4. The molecule has 1 aromatic rings. The second-order valence-corrected chi connectivity index (χ2v) is 4.44. The molecule has 0 saturated carbocycles. The number of hydrogen-bond acceptors (Lipinski definition) is 1. The Morgan fingerprint density at radius 3 is 2.40 bits per heavy atom. The van der Waals surface area contributed by atoms with Gasteiger partial charge >= 0.3 is 0 Å². The lowest BCUT2D eigenvalue weighted by atomic mass is 9.98. The summed E-state index contributed by atoms with van der Waals surface area (Å²) < 4.78 is 0. The smallest absolute Gasteiger partial charge is 0.104 e. The Morgan fingerprint density at radius 2 is 1.80 bits per heavy atom. The zero-order valence-electron chi connectivity index (χ0n) is 12.4. The van der Waals surface area contributed by atoms with Crippen molar-refractivity contribution in [3.63, 3.8) is 0 Å². The van der Waals surface area contributed by atoms with Crippen LogP contribution in [0.4, 0.5) is 0 Å². The topological polar surface area (TPSA) is 20.2 Å². The predicted octanol–water partition coefficient (Wildman–Crippen LogP) is 4.04. The van der Waals surface area contributed by atoms with E-state index >= 15 is 0 Å². The third kappa shape index (κ3) is 5.35. The minimum absolute atomic E-state index is 0.128. The van der Waals surface area contributed by atoms with Gasteiger partial charge in [-0.25, -0.2) is 0 Å². The first kappa shape index (κ1) is 16.1. The molecule has 1 rings (SSSR count). The number of allylic oxidation sites excluding steroid dienone is 2. The second-order valence-electron chi connectivity index (χ2n) is 4.44. The fourth-order valence-electron chi connectivity index (χ4n) is 1.82. The Morgan fingerprint density at radius 1 is 1.05 bits per heavy atom. The van der Waals surface area contributed by atoms with E-state index in [2.05, 4.69) is 37.5 Å². The van der Waals surface area contributed by atoms with Gasteiger partial charge in [-0.2, -0.15) is 0 Å². The summed E-state index contributed by atoms with van der Waals surface area (Å²) in [4.78, 5) is 0. The van der Waals surface area contributed by atoms with Gasteiger partial charge in [0.05, 0.1) is 0 Å². The lowest BCUT2D eigenvalue weighted by Gasteiger charge is -2.04. The molecule has 0 aliphatic rings. The van der Waals surface area contributed by atoms with Crippen LogP contribution in [0.3, 0.4) is 0 Å². The second kappa shape index (κ2) is 9.90. The van der Waals surface area contributed by atoms with Crippen molar-refractivity contribution in [3.8, 4) is 23.7 Å². The lowest BCUT2D eigenvalue weighted by Crippen LogP contribution is -1.89. The third-order valence-electron chi connectivity index (χ3n) is 2.90. The maximum absolute atomic E-state index is 8.93. The fourth-order valence-corrected chi connectivity index (χ4v) is 1.82. The summed E-state index contributed by atoms with van der Waals surface area (Å²) in [5.74, 6) is 12.3. The van der Waals surface area contributed by atoms with Crippen LogP contribution < -0.4 is 0 Å². The summed E-state index contributed by atoms with van der Waals surface area (Å²) in [5, 5.41) is 8.93. The summed E-state index contributed by atoms with van der Waals surface area (Å²) in [6, 6.07) is 10.0. The largest absolute Gasteiger partial charge is 0.384 e. The van der Waals surface area contributed by atoms with E-state index in [0.29, 0.717) is 0 Å². The van der Waals surface area contributed by atoms with E-state index in [1.54, 1.807) is 0 Å². The minimum atomic E-state index is -0.128. The molecule has 0 spiro atoms. The Labute approximate surface area is 122 Å². The quantitative estimate of drug-likeness (QED) is 0.644. The highest BCUT2D eigenvalue weighted by atomic mass is 16.2. The van der Waals surface area contributed by atoms with Crippen molar-refractivity contribution in [2.45, 2.75) is 39.5 Å². The van der Waals surface area contributed by atoms with Crippen molar-refractivity contribution >= 4 is 5.57 Å². The normalized spacial score (nSPS) is 10.8. The molecule has 1 N–H and O–H groups in total. The van der Waals surface area contributed by atoms with Gasteiger partial charge in [-0.1, -0.05) is 74.3 Å². The monoisotopic (exact) mass is 266 g/mol. The van der Waals surface area contributed by atoms with Gasteiger partial charge in [0.2, 0.25) is 0 Å². The molecule has 0 aromatic heterocycles. The standard InChI is InChI=1S/C19H22O/c1-3-5-6-8-12-17(4-2)19(15-11-16-20)18-13-9-7-10-14-18/h7,9-10,13-14,20H,3-6,16H2,1-2H3/b19-17+. The van der Waals surface area contributed by atoms with Crippen LogP contribution >= 0.6 is 0 Å². The van der Waals surface area contributed by atoms with Crippen molar-refractivity contribution < 1.29 is 5.11 Å². The maximum Gasteiger partial charge on any atom is 0.104 e. The van der Waals surface area contributed by atoms with Gasteiger partial charge in [-0.15, -0.1) is 0 Å². The number of benzene rings is 1. The molecule has 0 aliphatic heterocycles. The van der Waals surface area contributed by atoms with Crippen LogP contribution in [0.15, 0.2) is 35.9 Å².